The van der Waals surface area contributed by atoms with Crippen LogP contribution in [0.4, 0.5) is 10.1 Å². The molecule has 1 atom stereocenters. The number of ether oxygens (including phenoxy) is 1. The molecule has 0 spiro atoms. The fourth-order valence-electron chi connectivity index (χ4n) is 1.95. The minimum Gasteiger partial charge on any atom is -0.467 e. The predicted molar refractivity (Wildman–Crippen MR) is 73.1 cm³/mol. The molecular weight excluding hydrogens is 261 g/mol. The first kappa shape index (κ1) is 14.1. The van der Waals surface area contributed by atoms with Crippen molar-refractivity contribution in [2.45, 2.75) is 19.4 Å². The quantitative estimate of drug-likeness (QED) is 0.845. The summed E-state index contributed by atoms with van der Waals surface area (Å²) in [5.41, 5.74) is 0.543. The van der Waals surface area contributed by atoms with Gasteiger partial charge in [0.05, 0.1) is 25.0 Å². The van der Waals surface area contributed by atoms with Crippen molar-refractivity contribution in [1.29, 1.82) is 0 Å². The van der Waals surface area contributed by atoms with E-state index in [-0.39, 0.29) is 11.6 Å². The second-order valence-corrected chi connectivity index (χ2v) is 4.31. The SMILES string of the molecule is CCC(Nc1ccc(F)c(C(=O)OC)c1)c1ccco1. The zero-order chi connectivity index (χ0) is 14.5. The van der Waals surface area contributed by atoms with Crippen LogP contribution in [0, 0.1) is 5.82 Å². The molecule has 0 saturated heterocycles. The molecule has 1 heterocycles. The molecular formula is C15H16FNO3. The van der Waals surface area contributed by atoms with Gasteiger partial charge in [0.2, 0.25) is 0 Å². The lowest BCUT2D eigenvalue weighted by Crippen LogP contribution is -2.11. The number of carbonyl (C=O) groups is 1. The number of esters is 1. The van der Waals surface area contributed by atoms with E-state index in [4.69, 9.17) is 4.42 Å². The lowest BCUT2D eigenvalue weighted by Gasteiger charge is -2.16. The second kappa shape index (κ2) is 6.23. The summed E-state index contributed by atoms with van der Waals surface area (Å²) in [7, 11) is 1.22. The largest absolute Gasteiger partial charge is 0.467 e. The van der Waals surface area contributed by atoms with Gasteiger partial charge in [0, 0.05) is 5.69 Å². The Balaban J connectivity index is 2.23. The monoisotopic (exact) mass is 277 g/mol. The Morgan fingerprint density at radius 3 is 2.85 bits per heavy atom. The highest BCUT2D eigenvalue weighted by Gasteiger charge is 2.16. The molecule has 5 heteroatoms. The number of furan rings is 1. The van der Waals surface area contributed by atoms with Crippen LogP contribution >= 0.6 is 0 Å². The van der Waals surface area contributed by atoms with E-state index < -0.39 is 11.8 Å². The number of hydrogen-bond acceptors (Lipinski definition) is 4. The summed E-state index contributed by atoms with van der Waals surface area (Å²) in [5, 5.41) is 3.21. The molecule has 4 nitrogen and oxygen atoms in total. The molecule has 20 heavy (non-hydrogen) atoms. The molecule has 1 unspecified atom stereocenters. The zero-order valence-electron chi connectivity index (χ0n) is 11.4. The first-order valence-electron chi connectivity index (χ1n) is 6.33. The van der Waals surface area contributed by atoms with Crippen LogP contribution < -0.4 is 5.32 Å². The lowest BCUT2D eigenvalue weighted by atomic mass is 10.1. The van der Waals surface area contributed by atoms with Crippen molar-refractivity contribution in [3.63, 3.8) is 0 Å². The standard InChI is InChI=1S/C15H16FNO3/c1-3-13(14-5-4-8-20-14)17-10-6-7-12(16)11(9-10)15(18)19-2/h4-9,13,17H,3H2,1-2H3. The summed E-state index contributed by atoms with van der Waals surface area (Å²) in [6.07, 6.45) is 2.39. The topological polar surface area (TPSA) is 51.5 Å². The third-order valence-electron chi connectivity index (χ3n) is 3.01. The van der Waals surface area contributed by atoms with Crippen LogP contribution in [0.2, 0.25) is 0 Å². The van der Waals surface area contributed by atoms with Gasteiger partial charge in [-0.2, -0.15) is 0 Å². The predicted octanol–water partition coefficient (Wildman–Crippen LogP) is 3.77. The Bertz CT molecular complexity index is 581. The molecule has 1 aromatic heterocycles. The van der Waals surface area contributed by atoms with Crippen LogP contribution in [0.5, 0.6) is 0 Å². The van der Waals surface area contributed by atoms with Crippen molar-refractivity contribution in [2.24, 2.45) is 0 Å². The molecule has 1 aromatic carbocycles. The third kappa shape index (κ3) is 2.99. The third-order valence-corrected chi connectivity index (χ3v) is 3.01. The van der Waals surface area contributed by atoms with E-state index in [1.54, 1.807) is 12.3 Å². The number of benzene rings is 1. The molecule has 0 radical (unpaired) electrons. The molecule has 2 rings (SSSR count). The van der Waals surface area contributed by atoms with E-state index >= 15 is 0 Å². The average Bonchev–Trinajstić information content (AvgIpc) is 2.99. The van der Waals surface area contributed by atoms with Gasteiger partial charge in [-0.05, 0) is 36.8 Å². The molecule has 0 aliphatic heterocycles. The van der Waals surface area contributed by atoms with Gasteiger partial charge in [0.1, 0.15) is 11.6 Å². The van der Waals surface area contributed by atoms with E-state index in [9.17, 15) is 9.18 Å². The van der Waals surface area contributed by atoms with Gasteiger partial charge < -0.3 is 14.5 Å². The average molecular weight is 277 g/mol. The molecule has 0 saturated carbocycles. The minimum absolute atomic E-state index is 0.0408. The first-order valence-corrected chi connectivity index (χ1v) is 6.33. The maximum atomic E-state index is 13.6. The first-order chi connectivity index (χ1) is 9.65. The van der Waals surface area contributed by atoms with Gasteiger partial charge in [-0.3, -0.25) is 0 Å². The summed E-state index contributed by atoms with van der Waals surface area (Å²) in [6, 6.07) is 7.89. The van der Waals surface area contributed by atoms with Gasteiger partial charge in [-0.1, -0.05) is 6.92 Å². The number of methoxy groups -OCH3 is 1. The van der Waals surface area contributed by atoms with E-state index in [1.807, 2.05) is 19.1 Å². The van der Waals surface area contributed by atoms with Crippen molar-refractivity contribution >= 4 is 11.7 Å². The van der Waals surface area contributed by atoms with Gasteiger partial charge in [-0.15, -0.1) is 0 Å². The lowest BCUT2D eigenvalue weighted by molar-refractivity contribution is 0.0595. The molecule has 0 amide bonds. The molecule has 1 N–H and O–H groups in total. The van der Waals surface area contributed by atoms with Crippen LogP contribution in [-0.2, 0) is 4.74 Å². The second-order valence-electron chi connectivity index (χ2n) is 4.31. The van der Waals surface area contributed by atoms with Crippen LogP contribution in [-0.4, -0.2) is 13.1 Å². The fourth-order valence-corrected chi connectivity index (χ4v) is 1.95. The Labute approximate surface area is 116 Å². The number of nitrogens with one attached hydrogen (secondary N) is 1. The summed E-state index contributed by atoms with van der Waals surface area (Å²) in [5.74, 6) is -0.512. The van der Waals surface area contributed by atoms with Gasteiger partial charge in [0.15, 0.2) is 0 Å². The van der Waals surface area contributed by atoms with Gasteiger partial charge >= 0.3 is 5.97 Å². The van der Waals surface area contributed by atoms with Crippen molar-refractivity contribution < 1.29 is 18.3 Å². The molecule has 0 aliphatic carbocycles. The molecule has 106 valence electrons. The molecule has 0 fully saturated rings. The van der Waals surface area contributed by atoms with Crippen LogP contribution in [0.1, 0.15) is 35.5 Å². The van der Waals surface area contributed by atoms with E-state index in [0.29, 0.717) is 5.69 Å². The number of rotatable bonds is 5. The smallest absolute Gasteiger partial charge is 0.340 e. The normalized spacial score (nSPS) is 11.9. The summed E-state index contributed by atoms with van der Waals surface area (Å²) >= 11 is 0. The number of hydrogen-bond donors (Lipinski definition) is 1. The maximum absolute atomic E-state index is 13.6. The maximum Gasteiger partial charge on any atom is 0.340 e. The van der Waals surface area contributed by atoms with E-state index in [2.05, 4.69) is 10.1 Å². The molecule has 0 aliphatic rings. The summed E-state index contributed by atoms with van der Waals surface area (Å²) < 4.78 is 23.5. The van der Waals surface area contributed by atoms with Crippen molar-refractivity contribution in [1.82, 2.24) is 0 Å². The van der Waals surface area contributed by atoms with Crippen molar-refractivity contribution in [3.05, 3.63) is 53.7 Å². The van der Waals surface area contributed by atoms with Gasteiger partial charge in [0.25, 0.3) is 0 Å². The Morgan fingerprint density at radius 2 is 2.25 bits per heavy atom. The van der Waals surface area contributed by atoms with Crippen LogP contribution in [0.15, 0.2) is 41.0 Å². The molecule has 0 bridgehead atoms. The van der Waals surface area contributed by atoms with Crippen molar-refractivity contribution in [2.75, 3.05) is 12.4 Å². The highest BCUT2D eigenvalue weighted by atomic mass is 19.1. The Kier molecular flexibility index (Phi) is 4.40. The summed E-state index contributed by atoms with van der Waals surface area (Å²) in [6.45, 7) is 2.00. The molecule has 2 aromatic rings. The minimum atomic E-state index is -0.697. The number of halogens is 1. The van der Waals surface area contributed by atoms with E-state index in [0.717, 1.165) is 12.2 Å². The Morgan fingerprint density at radius 1 is 1.45 bits per heavy atom. The number of carbonyl (C=O) groups excluding carboxylic acids is 1. The zero-order valence-corrected chi connectivity index (χ0v) is 11.4. The fraction of sp³-hybridized carbons (Fsp3) is 0.267. The van der Waals surface area contributed by atoms with E-state index in [1.165, 1.54) is 19.2 Å². The number of anilines is 1. The van der Waals surface area contributed by atoms with Crippen LogP contribution in [0.25, 0.3) is 0 Å². The van der Waals surface area contributed by atoms with Crippen molar-refractivity contribution in [3.8, 4) is 0 Å². The highest BCUT2D eigenvalue weighted by Crippen LogP contribution is 2.24. The highest BCUT2D eigenvalue weighted by molar-refractivity contribution is 5.90. The Hall–Kier alpha value is -2.30. The van der Waals surface area contributed by atoms with Crippen LogP contribution in [0.3, 0.4) is 0 Å². The summed E-state index contributed by atoms with van der Waals surface area (Å²) in [4.78, 5) is 11.5. The van der Waals surface area contributed by atoms with Gasteiger partial charge in [-0.25, -0.2) is 9.18 Å².